The van der Waals surface area contributed by atoms with Gasteiger partial charge in [0, 0.05) is 19.1 Å². The van der Waals surface area contributed by atoms with Crippen molar-refractivity contribution < 1.29 is 18.3 Å². The predicted molar refractivity (Wildman–Crippen MR) is 73.2 cm³/mol. The lowest BCUT2D eigenvalue weighted by Gasteiger charge is -2.47. The Morgan fingerprint density at radius 1 is 1.15 bits per heavy atom. The van der Waals surface area contributed by atoms with Crippen molar-refractivity contribution >= 4 is 16.2 Å². The van der Waals surface area contributed by atoms with Gasteiger partial charge in [-0.05, 0) is 37.5 Å². The highest BCUT2D eigenvalue weighted by Crippen LogP contribution is 2.51. The Kier molecular flexibility index (Phi) is 3.54. The highest BCUT2D eigenvalue weighted by atomic mass is 32.2. The van der Waals surface area contributed by atoms with Crippen molar-refractivity contribution in [3.05, 3.63) is 0 Å². The first-order chi connectivity index (χ1) is 9.42. The molecule has 0 aromatic rings. The molecule has 0 saturated heterocycles. The third kappa shape index (κ3) is 2.16. The molecule has 7 heteroatoms. The summed E-state index contributed by atoms with van der Waals surface area (Å²) in [5.74, 6) is -1.05. The molecular weight excluding hydrogens is 280 g/mol. The third-order valence-electron chi connectivity index (χ3n) is 5.47. The zero-order valence-corrected chi connectivity index (χ0v) is 12.5. The van der Waals surface area contributed by atoms with Gasteiger partial charge in [-0.15, -0.1) is 0 Å². The zero-order chi connectivity index (χ0) is 14.5. The molecule has 6 nitrogen and oxygen atoms in total. The van der Waals surface area contributed by atoms with Crippen molar-refractivity contribution in [2.75, 3.05) is 7.05 Å². The smallest absolute Gasteiger partial charge is 0.308 e. The minimum absolute atomic E-state index is 0.0789. The summed E-state index contributed by atoms with van der Waals surface area (Å²) < 4.78 is 28.7. The number of aliphatic carboxylic acids is 1. The molecule has 20 heavy (non-hydrogen) atoms. The average molecular weight is 302 g/mol. The molecule has 3 aliphatic carbocycles. The summed E-state index contributed by atoms with van der Waals surface area (Å²) in [4.78, 5) is 11.3. The summed E-state index contributed by atoms with van der Waals surface area (Å²) in [6.45, 7) is 0. The number of nitrogens with one attached hydrogen (secondary N) is 1. The van der Waals surface area contributed by atoms with Crippen LogP contribution in [0.5, 0.6) is 0 Å². The van der Waals surface area contributed by atoms with E-state index in [2.05, 4.69) is 4.72 Å². The Morgan fingerprint density at radius 2 is 1.75 bits per heavy atom. The maximum atomic E-state index is 12.3. The first-order valence-corrected chi connectivity index (χ1v) is 8.84. The van der Waals surface area contributed by atoms with Crippen LogP contribution in [-0.2, 0) is 15.0 Å². The normalized spacial score (nSPS) is 37.3. The van der Waals surface area contributed by atoms with Gasteiger partial charge in [0.25, 0.3) is 10.2 Å². The van der Waals surface area contributed by atoms with Gasteiger partial charge in [-0.2, -0.15) is 17.4 Å². The lowest BCUT2D eigenvalue weighted by molar-refractivity contribution is -0.152. The first-order valence-electron chi connectivity index (χ1n) is 7.40. The number of carbonyl (C=O) groups is 1. The third-order valence-corrected chi connectivity index (χ3v) is 7.10. The highest BCUT2D eigenvalue weighted by Gasteiger charge is 2.57. The van der Waals surface area contributed by atoms with Crippen LogP contribution < -0.4 is 4.72 Å². The maximum Gasteiger partial charge on any atom is 0.308 e. The summed E-state index contributed by atoms with van der Waals surface area (Å²) in [7, 11) is -1.98. The number of rotatable bonds is 5. The van der Waals surface area contributed by atoms with E-state index >= 15 is 0 Å². The maximum absolute atomic E-state index is 12.3. The minimum Gasteiger partial charge on any atom is -0.481 e. The summed E-state index contributed by atoms with van der Waals surface area (Å²) in [5.41, 5.74) is 0. The van der Waals surface area contributed by atoms with Gasteiger partial charge in [0.05, 0.1) is 5.92 Å². The van der Waals surface area contributed by atoms with Gasteiger partial charge in [0.2, 0.25) is 0 Å². The van der Waals surface area contributed by atoms with Crippen LogP contribution in [0.2, 0.25) is 0 Å². The molecule has 0 amide bonds. The average Bonchev–Trinajstić information content (AvgIpc) is 2.67. The highest BCUT2D eigenvalue weighted by molar-refractivity contribution is 7.87. The SMILES string of the molecule is CN(C1CCC1)S(=O)(=O)N[C@H]1[C@@H]2CCC[C@@H]2[C@@H]1C(=O)O. The van der Waals surface area contributed by atoms with Crippen LogP contribution in [0.25, 0.3) is 0 Å². The number of fused-ring (bicyclic) bond motifs is 1. The molecule has 0 spiro atoms. The van der Waals surface area contributed by atoms with Gasteiger partial charge < -0.3 is 5.11 Å². The van der Waals surface area contributed by atoms with Crippen LogP contribution in [0.15, 0.2) is 0 Å². The van der Waals surface area contributed by atoms with Gasteiger partial charge in [-0.25, -0.2) is 0 Å². The second kappa shape index (κ2) is 4.96. The lowest BCUT2D eigenvalue weighted by Crippen LogP contribution is -2.63. The Morgan fingerprint density at radius 3 is 2.30 bits per heavy atom. The Labute approximate surface area is 119 Å². The second-order valence-corrected chi connectivity index (χ2v) is 8.13. The summed E-state index contributed by atoms with van der Waals surface area (Å²) in [6, 6.07) is -0.345. The molecule has 4 atom stereocenters. The molecule has 3 aliphatic rings. The fraction of sp³-hybridized carbons (Fsp3) is 0.923. The van der Waals surface area contributed by atoms with Crippen LogP contribution in [0.1, 0.15) is 38.5 Å². The van der Waals surface area contributed by atoms with E-state index in [4.69, 9.17) is 0 Å². The van der Waals surface area contributed by atoms with Crippen LogP contribution in [-0.4, -0.2) is 42.9 Å². The van der Waals surface area contributed by atoms with E-state index < -0.39 is 28.1 Å². The van der Waals surface area contributed by atoms with Gasteiger partial charge in [-0.3, -0.25) is 4.79 Å². The van der Waals surface area contributed by atoms with E-state index in [-0.39, 0.29) is 17.9 Å². The predicted octanol–water partition coefficient (Wildman–Crippen LogP) is 0.804. The molecule has 3 saturated carbocycles. The van der Waals surface area contributed by atoms with E-state index in [0.717, 1.165) is 38.5 Å². The van der Waals surface area contributed by atoms with Crippen molar-refractivity contribution in [2.24, 2.45) is 17.8 Å². The Hall–Kier alpha value is -0.660. The van der Waals surface area contributed by atoms with Crippen molar-refractivity contribution in [2.45, 2.75) is 50.6 Å². The molecule has 0 radical (unpaired) electrons. The number of hydrogen-bond donors (Lipinski definition) is 2. The van der Waals surface area contributed by atoms with Crippen molar-refractivity contribution in [3.8, 4) is 0 Å². The molecule has 3 fully saturated rings. The van der Waals surface area contributed by atoms with Gasteiger partial charge in [0.15, 0.2) is 0 Å². The Bertz CT molecular complexity index is 503. The number of hydrogen-bond acceptors (Lipinski definition) is 3. The summed E-state index contributed by atoms with van der Waals surface area (Å²) >= 11 is 0. The molecule has 2 N–H and O–H groups in total. The first kappa shape index (κ1) is 14.3. The molecule has 0 aromatic carbocycles. The summed E-state index contributed by atoms with van der Waals surface area (Å²) in [5, 5.41) is 9.30. The van der Waals surface area contributed by atoms with E-state index in [1.807, 2.05) is 0 Å². The van der Waals surface area contributed by atoms with Crippen molar-refractivity contribution in [1.29, 1.82) is 0 Å². The quantitative estimate of drug-likeness (QED) is 0.786. The van der Waals surface area contributed by atoms with Crippen molar-refractivity contribution in [1.82, 2.24) is 9.03 Å². The summed E-state index contributed by atoms with van der Waals surface area (Å²) in [6.07, 6.45) is 5.73. The second-order valence-electron chi connectivity index (χ2n) is 6.37. The fourth-order valence-corrected chi connectivity index (χ4v) is 5.43. The van der Waals surface area contributed by atoms with Gasteiger partial charge >= 0.3 is 5.97 Å². The molecule has 0 unspecified atom stereocenters. The van der Waals surface area contributed by atoms with Crippen LogP contribution >= 0.6 is 0 Å². The van der Waals surface area contributed by atoms with Crippen LogP contribution in [0.4, 0.5) is 0 Å². The zero-order valence-electron chi connectivity index (χ0n) is 11.7. The van der Waals surface area contributed by atoms with E-state index in [0.29, 0.717) is 0 Å². The fourth-order valence-electron chi connectivity index (χ4n) is 4.00. The van der Waals surface area contributed by atoms with Gasteiger partial charge in [-0.1, -0.05) is 12.8 Å². The number of carboxylic acid groups (broad SMARTS) is 1. The number of carboxylic acids is 1. The molecular formula is C13H22N2O4S. The monoisotopic (exact) mass is 302 g/mol. The molecule has 3 rings (SSSR count). The van der Waals surface area contributed by atoms with E-state index in [1.54, 1.807) is 7.05 Å². The largest absolute Gasteiger partial charge is 0.481 e. The Balaban J connectivity index is 1.71. The van der Waals surface area contributed by atoms with Gasteiger partial charge in [0.1, 0.15) is 0 Å². The van der Waals surface area contributed by atoms with E-state index in [9.17, 15) is 18.3 Å². The number of nitrogens with zero attached hydrogens (tertiary/aromatic N) is 1. The topological polar surface area (TPSA) is 86.7 Å². The van der Waals surface area contributed by atoms with Crippen LogP contribution in [0.3, 0.4) is 0 Å². The molecule has 114 valence electrons. The van der Waals surface area contributed by atoms with E-state index in [1.165, 1.54) is 4.31 Å². The standard InChI is InChI=1S/C13H22N2O4S/c1-15(8-4-2-5-8)20(18,19)14-12-10-7-3-6-9(10)11(12)13(16)17/h8-12,14H,2-7H2,1H3,(H,16,17)/t9-,10+,11-,12-/m0/s1. The molecule has 0 aromatic heterocycles. The lowest BCUT2D eigenvalue weighted by atomic mass is 9.63. The molecule has 0 aliphatic heterocycles. The van der Waals surface area contributed by atoms with Crippen LogP contribution in [0, 0.1) is 17.8 Å². The van der Waals surface area contributed by atoms with Crippen molar-refractivity contribution in [3.63, 3.8) is 0 Å². The molecule has 0 heterocycles. The molecule has 0 bridgehead atoms. The minimum atomic E-state index is -3.57.